The third-order valence-corrected chi connectivity index (χ3v) is 18.4. The summed E-state index contributed by atoms with van der Waals surface area (Å²) in [5.74, 6) is 1.91. The highest BCUT2D eigenvalue weighted by Crippen LogP contribution is 2.47. The summed E-state index contributed by atoms with van der Waals surface area (Å²) in [6, 6.07) is 65.4. The van der Waals surface area contributed by atoms with Crippen LogP contribution < -0.4 is 4.90 Å². The minimum atomic E-state index is 0.532. The van der Waals surface area contributed by atoms with Crippen LogP contribution in [0.1, 0.15) is 195 Å². The Morgan fingerprint density at radius 1 is 0.316 bits per heavy atom. The molecule has 2 heteroatoms. The molecule has 0 amide bonds. The molecule has 0 unspecified atom stereocenters. The van der Waals surface area contributed by atoms with Crippen molar-refractivity contribution in [2.45, 2.75) is 178 Å². The topological polar surface area (TPSA) is 16.4 Å². The number of para-hydroxylation sites is 1. The zero-order chi connectivity index (χ0) is 50.9. The number of nitrogens with zero attached hydrogens (tertiary/aromatic N) is 1. The van der Waals surface area contributed by atoms with Gasteiger partial charge in [0.1, 0.15) is 11.2 Å². The quantitative estimate of drug-likeness (QED) is 0.143. The Bertz CT molecular complexity index is 3170. The average Bonchev–Trinajstić information content (AvgIpc) is 3.82. The monoisotopic (exact) mass is 1000 g/mol. The first-order chi connectivity index (χ1) is 37.7. The van der Waals surface area contributed by atoms with E-state index in [4.69, 9.17) is 4.42 Å². The zero-order valence-electron chi connectivity index (χ0n) is 45.4. The Labute approximate surface area is 455 Å². The number of anilines is 3. The first-order valence-corrected chi connectivity index (χ1v) is 30.4. The van der Waals surface area contributed by atoms with Crippen LogP contribution in [0.3, 0.4) is 0 Å². The summed E-state index contributed by atoms with van der Waals surface area (Å²) in [6.07, 6.45) is 33.8. The molecule has 0 radical (unpaired) electrons. The fourth-order valence-corrected chi connectivity index (χ4v) is 14.0. The van der Waals surface area contributed by atoms with Crippen LogP contribution in [0.5, 0.6) is 0 Å². The number of hydrogen-bond acceptors (Lipinski definition) is 2. The summed E-state index contributed by atoms with van der Waals surface area (Å²) in [6.45, 7) is 0. The number of hydrogen-bond donors (Lipinski definition) is 0. The van der Waals surface area contributed by atoms with Gasteiger partial charge < -0.3 is 9.32 Å². The van der Waals surface area contributed by atoms with E-state index < -0.39 is 0 Å². The minimum absolute atomic E-state index is 0.532. The van der Waals surface area contributed by atoms with Gasteiger partial charge in [0.25, 0.3) is 0 Å². The van der Waals surface area contributed by atoms with E-state index in [2.05, 4.69) is 175 Å². The molecule has 3 fully saturated rings. The van der Waals surface area contributed by atoms with Gasteiger partial charge in [0.05, 0.1) is 5.69 Å². The maximum Gasteiger partial charge on any atom is 0.138 e. The van der Waals surface area contributed by atoms with Crippen molar-refractivity contribution < 1.29 is 4.42 Å². The second-order valence-corrected chi connectivity index (χ2v) is 23.4. The Kier molecular flexibility index (Phi) is 16.1. The van der Waals surface area contributed by atoms with Gasteiger partial charge in [0.2, 0.25) is 0 Å². The van der Waals surface area contributed by atoms with Crippen molar-refractivity contribution in [1.82, 2.24) is 0 Å². The third kappa shape index (κ3) is 11.3. The molecule has 3 aliphatic carbocycles. The molecule has 8 aromatic carbocycles. The second-order valence-electron chi connectivity index (χ2n) is 23.4. The fourth-order valence-electron chi connectivity index (χ4n) is 14.0. The van der Waals surface area contributed by atoms with E-state index in [0.29, 0.717) is 17.8 Å². The van der Waals surface area contributed by atoms with Gasteiger partial charge in [-0.05, 0) is 154 Å². The predicted molar refractivity (Wildman–Crippen MR) is 326 cm³/mol. The van der Waals surface area contributed by atoms with Crippen LogP contribution in [-0.4, -0.2) is 0 Å². The summed E-state index contributed by atoms with van der Waals surface area (Å²) < 4.78 is 7.15. The standard InChI is InChI=1S/C74H81NO/c1-2-4-8-18-27-62(28-19-9-5-3-1)68-31-22-32-70-69-51-45-64(53-72(69)76-74(68)70)73-67-30-21-20-29-63(67)46-52-71(73)75(65-47-41-60(42-48-65)58-37-33-56(34-38-58)54-23-14-10-6-11-15-24-54)66-49-43-61(44-50-66)59-39-35-57(36-40-59)55-25-16-12-7-13-17-26-55/h20-22,29-55,62H,1-19,23-28H2. The van der Waals surface area contributed by atoms with Gasteiger partial charge in [0.15, 0.2) is 0 Å². The molecule has 3 saturated carbocycles. The van der Waals surface area contributed by atoms with E-state index in [-0.39, 0.29) is 0 Å². The number of furan rings is 1. The predicted octanol–water partition coefficient (Wildman–Crippen LogP) is 23.3. The van der Waals surface area contributed by atoms with Crippen molar-refractivity contribution in [1.29, 1.82) is 0 Å². The molecule has 2 nitrogen and oxygen atoms in total. The fraction of sp³-hybridized carbons (Fsp3) is 0.378. The van der Waals surface area contributed by atoms with Gasteiger partial charge >= 0.3 is 0 Å². The highest BCUT2D eigenvalue weighted by Gasteiger charge is 2.24. The SMILES string of the molecule is c1ccc2c(-c3ccc4c(c3)oc3c(C5CCCCCCCCCCC5)cccc34)c(N(c3ccc(-c4ccc(C5CCCCCCC5)cc4)cc3)c3ccc(-c4ccc(C5CCCCCCC5)cc4)cc3)ccc2c1. The Morgan fingerprint density at radius 3 is 1.24 bits per heavy atom. The molecule has 0 bridgehead atoms. The van der Waals surface area contributed by atoms with Gasteiger partial charge in [0, 0.05) is 27.7 Å². The summed E-state index contributed by atoms with van der Waals surface area (Å²) in [5, 5.41) is 4.91. The molecule has 0 saturated heterocycles. The van der Waals surface area contributed by atoms with E-state index >= 15 is 0 Å². The minimum Gasteiger partial charge on any atom is -0.456 e. The number of fused-ring (bicyclic) bond motifs is 4. The highest BCUT2D eigenvalue weighted by molar-refractivity contribution is 6.10. The molecule has 1 aromatic heterocycles. The molecule has 3 aliphatic rings. The second kappa shape index (κ2) is 24.3. The van der Waals surface area contributed by atoms with Crippen LogP contribution in [-0.2, 0) is 0 Å². The first kappa shape index (κ1) is 50.4. The van der Waals surface area contributed by atoms with Gasteiger partial charge in [-0.2, -0.15) is 0 Å². The maximum absolute atomic E-state index is 7.15. The summed E-state index contributed by atoms with van der Waals surface area (Å²) >= 11 is 0. The van der Waals surface area contributed by atoms with Crippen molar-refractivity contribution in [3.63, 3.8) is 0 Å². The lowest BCUT2D eigenvalue weighted by atomic mass is 9.85. The van der Waals surface area contributed by atoms with Crippen molar-refractivity contribution in [2.75, 3.05) is 4.90 Å². The largest absolute Gasteiger partial charge is 0.456 e. The Hall–Kier alpha value is -6.38. The number of rotatable bonds is 9. The molecule has 0 spiro atoms. The Morgan fingerprint density at radius 2 is 0.737 bits per heavy atom. The van der Waals surface area contributed by atoms with Crippen molar-refractivity contribution in [3.8, 4) is 33.4 Å². The lowest BCUT2D eigenvalue weighted by Gasteiger charge is -2.29. The molecule has 388 valence electrons. The van der Waals surface area contributed by atoms with Crippen LogP contribution in [0, 0.1) is 0 Å². The smallest absolute Gasteiger partial charge is 0.138 e. The van der Waals surface area contributed by atoms with E-state index in [1.165, 1.54) is 227 Å². The third-order valence-electron chi connectivity index (χ3n) is 18.4. The summed E-state index contributed by atoms with van der Waals surface area (Å²) in [5.41, 5.74) is 17.3. The van der Waals surface area contributed by atoms with Gasteiger partial charge in [-0.25, -0.2) is 0 Å². The van der Waals surface area contributed by atoms with Crippen LogP contribution in [0.2, 0.25) is 0 Å². The lowest BCUT2D eigenvalue weighted by molar-refractivity contribution is 0.455. The van der Waals surface area contributed by atoms with E-state index in [1.807, 2.05) is 0 Å². The molecule has 76 heavy (non-hydrogen) atoms. The van der Waals surface area contributed by atoms with E-state index in [9.17, 15) is 0 Å². The normalized spacial score (nSPS) is 17.6. The van der Waals surface area contributed by atoms with Crippen LogP contribution in [0.15, 0.2) is 174 Å². The molecular formula is C74H81NO. The molecule has 0 aliphatic heterocycles. The zero-order valence-corrected chi connectivity index (χ0v) is 45.4. The lowest BCUT2D eigenvalue weighted by Crippen LogP contribution is -2.11. The molecule has 12 rings (SSSR count). The molecule has 0 atom stereocenters. The Balaban J connectivity index is 0.925. The van der Waals surface area contributed by atoms with Crippen molar-refractivity contribution >= 4 is 49.8 Å². The summed E-state index contributed by atoms with van der Waals surface area (Å²) in [4.78, 5) is 2.50. The highest BCUT2D eigenvalue weighted by atomic mass is 16.3. The summed E-state index contributed by atoms with van der Waals surface area (Å²) in [7, 11) is 0. The average molecular weight is 1000 g/mol. The van der Waals surface area contributed by atoms with Crippen LogP contribution >= 0.6 is 0 Å². The van der Waals surface area contributed by atoms with Crippen LogP contribution in [0.4, 0.5) is 17.1 Å². The molecular weight excluding hydrogens is 919 g/mol. The first-order valence-electron chi connectivity index (χ1n) is 30.4. The number of benzene rings is 8. The maximum atomic E-state index is 7.15. The van der Waals surface area contributed by atoms with Gasteiger partial charge in [-0.1, -0.05) is 249 Å². The van der Waals surface area contributed by atoms with Gasteiger partial charge in [-0.3, -0.25) is 0 Å². The van der Waals surface area contributed by atoms with E-state index in [1.54, 1.807) is 0 Å². The molecule has 9 aromatic rings. The van der Waals surface area contributed by atoms with Gasteiger partial charge in [-0.15, -0.1) is 0 Å². The van der Waals surface area contributed by atoms with E-state index in [0.717, 1.165) is 33.8 Å². The molecule has 0 N–H and O–H groups in total. The van der Waals surface area contributed by atoms with Crippen molar-refractivity contribution in [2.24, 2.45) is 0 Å². The van der Waals surface area contributed by atoms with Crippen LogP contribution in [0.25, 0.3) is 66.1 Å². The van der Waals surface area contributed by atoms with Crippen molar-refractivity contribution in [3.05, 3.63) is 187 Å². The molecule has 1 heterocycles.